The molecule has 0 unspecified atom stereocenters. The highest BCUT2D eigenvalue weighted by Gasteiger charge is 2.41. The van der Waals surface area contributed by atoms with Gasteiger partial charge in [0.1, 0.15) is 17.9 Å². The number of carbonyl (C=O) groups is 2. The van der Waals surface area contributed by atoms with E-state index in [0.29, 0.717) is 26.7 Å². The molecule has 31 heavy (non-hydrogen) atoms. The fourth-order valence-electron chi connectivity index (χ4n) is 3.78. The minimum atomic E-state index is -1.32. The largest absolute Gasteiger partial charge is 0.496 e. The van der Waals surface area contributed by atoms with E-state index >= 15 is 0 Å². The number of carboxylic acids is 1. The molecule has 9 nitrogen and oxygen atoms in total. The highest BCUT2D eigenvalue weighted by atomic mass is 79.9. The van der Waals surface area contributed by atoms with Crippen molar-refractivity contribution in [2.24, 2.45) is 0 Å². The van der Waals surface area contributed by atoms with Crippen LogP contribution in [0.15, 0.2) is 34.8 Å². The van der Waals surface area contributed by atoms with Gasteiger partial charge in [0.05, 0.1) is 35.3 Å². The van der Waals surface area contributed by atoms with E-state index in [4.69, 9.17) is 9.47 Å². The van der Waals surface area contributed by atoms with Crippen LogP contribution in [0.3, 0.4) is 0 Å². The first-order chi connectivity index (χ1) is 14.8. The number of pyridine rings is 1. The number of rotatable bonds is 4. The van der Waals surface area contributed by atoms with Crippen molar-refractivity contribution in [3.63, 3.8) is 0 Å². The summed E-state index contributed by atoms with van der Waals surface area (Å²) in [6.45, 7) is -0.0942. The monoisotopic (exact) mass is 485 g/mol. The summed E-state index contributed by atoms with van der Waals surface area (Å²) in [6.07, 6.45) is -2.01. The van der Waals surface area contributed by atoms with Crippen LogP contribution in [0.4, 0.5) is 4.79 Å². The Labute approximate surface area is 184 Å². The van der Waals surface area contributed by atoms with Crippen molar-refractivity contribution in [3.8, 4) is 17.7 Å². The number of ether oxygens (including phenoxy) is 2. The highest BCUT2D eigenvalue weighted by Crippen LogP contribution is 2.39. The third-order valence-electron chi connectivity index (χ3n) is 5.23. The van der Waals surface area contributed by atoms with E-state index in [0.717, 1.165) is 15.7 Å². The van der Waals surface area contributed by atoms with Gasteiger partial charge >= 0.3 is 12.1 Å². The fraction of sp³-hybridized carbons (Fsp3) is 0.238. The number of fused-ring (bicyclic) bond motifs is 3. The molecule has 0 radical (unpaired) electrons. The van der Waals surface area contributed by atoms with Gasteiger partial charge in [-0.15, -0.1) is 0 Å². The smallest absolute Gasteiger partial charge is 0.408 e. The van der Waals surface area contributed by atoms with Crippen LogP contribution in [0.25, 0.3) is 21.7 Å². The van der Waals surface area contributed by atoms with Crippen LogP contribution < -0.4 is 9.47 Å². The molecule has 1 aromatic heterocycles. The molecular formula is C21H16BrN3O6. The van der Waals surface area contributed by atoms with E-state index < -0.39 is 24.2 Å². The van der Waals surface area contributed by atoms with E-state index in [1.165, 1.54) is 0 Å². The van der Waals surface area contributed by atoms with Gasteiger partial charge in [-0.1, -0.05) is 6.07 Å². The molecule has 1 amide bonds. The van der Waals surface area contributed by atoms with Gasteiger partial charge < -0.3 is 19.7 Å². The predicted octanol–water partition coefficient (Wildman–Crippen LogP) is 3.62. The molecule has 2 heterocycles. The average Bonchev–Trinajstić information content (AvgIpc) is 3.17. The molecule has 10 heteroatoms. The van der Waals surface area contributed by atoms with Crippen molar-refractivity contribution in [2.75, 3.05) is 13.7 Å². The number of aliphatic carboxylic acids is 1. The summed E-state index contributed by atoms with van der Waals surface area (Å²) < 4.78 is 12.1. The number of methoxy groups -OCH3 is 1. The molecule has 3 aromatic rings. The lowest BCUT2D eigenvalue weighted by molar-refractivity contribution is -0.141. The molecule has 0 bridgehead atoms. The van der Waals surface area contributed by atoms with Crippen LogP contribution in [0.1, 0.15) is 12.0 Å². The number of nitriles is 1. The van der Waals surface area contributed by atoms with Crippen LogP contribution in [-0.2, 0) is 4.79 Å². The SMILES string of the molecule is COc1cc2c(cc1Br)c(O[C@@H]1C[C@@H](C(=O)O)N(C(=O)O)C1)nc1cc(C#N)ccc12. The molecule has 2 aromatic carbocycles. The van der Waals surface area contributed by atoms with E-state index in [9.17, 15) is 25.1 Å². The van der Waals surface area contributed by atoms with Crippen LogP contribution in [0.2, 0.25) is 0 Å². The number of carboxylic acid groups (broad SMARTS) is 2. The molecule has 4 rings (SSSR count). The van der Waals surface area contributed by atoms with Crippen molar-refractivity contribution in [3.05, 3.63) is 40.4 Å². The van der Waals surface area contributed by atoms with Gasteiger partial charge in [-0.05, 0) is 40.2 Å². The highest BCUT2D eigenvalue weighted by molar-refractivity contribution is 9.10. The number of benzene rings is 2. The summed E-state index contributed by atoms with van der Waals surface area (Å²) in [5.74, 6) is -0.405. The van der Waals surface area contributed by atoms with Crippen molar-refractivity contribution < 1.29 is 29.3 Å². The lowest BCUT2D eigenvalue weighted by Crippen LogP contribution is -2.39. The fourth-order valence-corrected chi connectivity index (χ4v) is 4.28. The summed E-state index contributed by atoms with van der Waals surface area (Å²) in [5, 5.41) is 30.1. The Balaban J connectivity index is 1.84. The second kappa shape index (κ2) is 7.92. The number of likely N-dealkylation sites (tertiary alicyclic amines) is 1. The Kier molecular flexibility index (Phi) is 5.29. The van der Waals surface area contributed by atoms with Gasteiger partial charge in [0.2, 0.25) is 5.88 Å². The zero-order valence-corrected chi connectivity index (χ0v) is 17.8. The number of hydrogen-bond acceptors (Lipinski definition) is 6. The molecule has 158 valence electrons. The van der Waals surface area contributed by atoms with Crippen LogP contribution in [0, 0.1) is 11.3 Å². The molecule has 1 aliphatic heterocycles. The van der Waals surface area contributed by atoms with Gasteiger partial charge in [-0.2, -0.15) is 5.26 Å². The normalized spacial score (nSPS) is 18.2. The number of amides is 1. The summed E-state index contributed by atoms with van der Waals surface area (Å²) in [4.78, 5) is 28.3. The lowest BCUT2D eigenvalue weighted by atomic mass is 10.0. The summed E-state index contributed by atoms with van der Waals surface area (Å²) in [6, 6.07) is 9.61. The van der Waals surface area contributed by atoms with Crippen LogP contribution in [0.5, 0.6) is 11.6 Å². The van der Waals surface area contributed by atoms with E-state index in [-0.39, 0.29) is 18.8 Å². The predicted molar refractivity (Wildman–Crippen MR) is 113 cm³/mol. The number of hydrogen-bond donors (Lipinski definition) is 2. The maximum Gasteiger partial charge on any atom is 0.408 e. The number of aromatic nitrogens is 1. The number of nitrogens with zero attached hydrogens (tertiary/aromatic N) is 3. The Hall–Kier alpha value is -3.58. The Bertz CT molecular complexity index is 1250. The molecule has 1 saturated heterocycles. The number of halogens is 1. The van der Waals surface area contributed by atoms with Crippen LogP contribution in [-0.4, -0.2) is 58.0 Å². The first-order valence-corrected chi connectivity index (χ1v) is 10.0. The van der Waals surface area contributed by atoms with Crippen molar-refractivity contribution >= 4 is 49.7 Å². The van der Waals surface area contributed by atoms with Crippen molar-refractivity contribution in [1.29, 1.82) is 5.26 Å². The van der Waals surface area contributed by atoms with Gasteiger partial charge in [0.15, 0.2) is 0 Å². The first kappa shape index (κ1) is 20.7. The lowest BCUT2D eigenvalue weighted by Gasteiger charge is -2.17. The molecule has 0 spiro atoms. The van der Waals surface area contributed by atoms with Gasteiger partial charge in [0, 0.05) is 22.6 Å². The molecule has 1 aliphatic rings. The standard InChI is InChI=1S/C21H16BrN3O6/c1-30-18-7-13-12-3-2-10(8-23)4-16(12)24-19(14(13)6-15(18)22)31-11-5-17(20(26)27)25(9-11)21(28)29/h2-4,6-7,11,17H,5,9H2,1H3,(H,26,27)(H,28,29)/t11-,17+/m1/s1. The van der Waals surface area contributed by atoms with Gasteiger partial charge in [-0.3, -0.25) is 4.90 Å². The minimum Gasteiger partial charge on any atom is -0.496 e. The summed E-state index contributed by atoms with van der Waals surface area (Å²) in [7, 11) is 1.55. The molecule has 2 atom stereocenters. The van der Waals surface area contributed by atoms with Crippen molar-refractivity contribution in [2.45, 2.75) is 18.6 Å². The van der Waals surface area contributed by atoms with E-state index in [1.807, 2.05) is 6.07 Å². The molecular weight excluding hydrogens is 470 g/mol. The Morgan fingerprint density at radius 2 is 2.00 bits per heavy atom. The average molecular weight is 486 g/mol. The second-order valence-corrected chi connectivity index (χ2v) is 7.91. The molecule has 0 saturated carbocycles. The maximum absolute atomic E-state index is 11.5. The topological polar surface area (TPSA) is 133 Å². The second-order valence-electron chi connectivity index (χ2n) is 7.06. The summed E-state index contributed by atoms with van der Waals surface area (Å²) >= 11 is 3.45. The third kappa shape index (κ3) is 3.68. The molecule has 0 aliphatic carbocycles. The molecule has 1 fully saturated rings. The Morgan fingerprint density at radius 3 is 2.61 bits per heavy atom. The third-order valence-corrected chi connectivity index (χ3v) is 5.85. The zero-order chi connectivity index (χ0) is 22.3. The first-order valence-electron chi connectivity index (χ1n) is 9.22. The quantitative estimate of drug-likeness (QED) is 0.535. The Morgan fingerprint density at radius 1 is 1.23 bits per heavy atom. The van der Waals surface area contributed by atoms with Crippen LogP contribution >= 0.6 is 15.9 Å². The van der Waals surface area contributed by atoms with E-state index in [1.54, 1.807) is 31.4 Å². The maximum atomic E-state index is 11.5. The van der Waals surface area contributed by atoms with Crippen molar-refractivity contribution in [1.82, 2.24) is 9.88 Å². The molecule has 2 N–H and O–H groups in total. The zero-order valence-electron chi connectivity index (χ0n) is 16.2. The minimum absolute atomic E-state index is 0.00158. The van der Waals surface area contributed by atoms with Gasteiger partial charge in [0.25, 0.3) is 0 Å². The van der Waals surface area contributed by atoms with E-state index in [2.05, 4.69) is 27.0 Å². The summed E-state index contributed by atoms with van der Waals surface area (Å²) in [5.41, 5.74) is 0.951. The van der Waals surface area contributed by atoms with Gasteiger partial charge in [-0.25, -0.2) is 14.6 Å².